The summed E-state index contributed by atoms with van der Waals surface area (Å²) >= 11 is 6.04. The van der Waals surface area contributed by atoms with Crippen molar-refractivity contribution in [2.45, 2.75) is 64.0 Å². The number of nitrogens with one attached hydrogen (secondary N) is 2. The molecule has 1 fully saturated rings. The number of aliphatic carboxylic acids is 1. The van der Waals surface area contributed by atoms with Gasteiger partial charge in [0.1, 0.15) is 0 Å². The number of nitrogens with zero attached hydrogens (tertiary/aromatic N) is 1. The van der Waals surface area contributed by atoms with Crippen LogP contribution in [-0.4, -0.2) is 29.6 Å². The van der Waals surface area contributed by atoms with E-state index in [0.717, 1.165) is 16.8 Å². The number of carboxylic acids is 1. The van der Waals surface area contributed by atoms with Gasteiger partial charge in [0.15, 0.2) is 0 Å². The molecule has 0 heterocycles. The molecule has 1 atom stereocenters. The molecule has 3 N–H and O–H groups in total. The van der Waals surface area contributed by atoms with Crippen LogP contribution < -0.4 is 15.5 Å². The van der Waals surface area contributed by atoms with E-state index in [1.165, 1.54) is 37.7 Å². The minimum Gasteiger partial charge on any atom is -0.481 e. The Morgan fingerprint density at radius 2 is 1.56 bits per heavy atom. The van der Waals surface area contributed by atoms with Crippen LogP contribution in [0.4, 0.5) is 10.5 Å². The molecule has 3 aromatic rings. The van der Waals surface area contributed by atoms with Crippen LogP contribution in [0, 0.1) is 0 Å². The van der Waals surface area contributed by atoms with Gasteiger partial charge in [-0.15, -0.1) is 0 Å². The van der Waals surface area contributed by atoms with Gasteiger partial charge >= 0.3 is 12.0 Å². The van der Waals surface area contributed by atoms with E-state index in [4.69, 9.17) is 16.7 Å². The molecule has 218 valence electrons. The van der Waals surface area contributed by atoms with E-state index in [9.17, 15) is 14.4 Å². The molecular weight excluding hydrogens is 558 g/mol. The Labute approximate surface area is 253 Å². The topological polar surface area (TPSA) is 98.7 Å². The fourth-order valence-electron chi connectivity index (χ4n) is 5.07. The quantitative estimate of drug-likeness (QED) is 0.231. The number of hydrogen-bond acceptors (Lipinski definition) is 3. The Hall–Kier alpha value is -3.49. The molecule has 0 radical (unpaired) electrons. The predicted octanol–water partition coefficient (Wildman–Crippen LogP) is 7.18. The van der Waals surface area contributed by atoms with Gasteiger partial charge in [-0.3, -0.25) is 14.5 Å². The highest BCUT2D eigenvalue weighted by Crippen LogP contribution is 2.33. The van der Waals surface area contributed by atoms with Crippen molar-refractivity contribution in [3.05, 3.63) is 100 Å². The first-order valence-corrected chi connectivity index (χ1v) is 14.2. The number of rotatable bonds is 10. The first kappa shape index (κ1) is 32.0. The number of anilines is 1. The van der Waals surface area contributed by atoms with Crippen LogP contribution in [0.25, 0.3) is 0 Å². The third kappa shape index (κ3) is 9.26. The highest BCUT2D eigenvalue weighted by molar-refractivity contribution is 7.59. The van der Waals surface area contributed by atoms with Crippen LogP contribution in [-0.2, 0) is 11.3 Å². The summed E-state index contributed by atoms with van der Waals surface area (Å²) in [6.45, 7) is 2.30. The SMILES string of the molecule is C[C@H](NC(=O)N(Cc1ccc(C(=O)NCCC(=O)O)cc1)c1ccc(C2CCCCC2)cc1)c1ccc(Cl)cc1.S. The maximum Gasteiger partial charge on any atom is 0.322 e. The molecule has 1 aliphatic carbocycles. The van der Waals surface area contributed by atoms with Gasteiger partial charge in [-0.05, 0) is 78.8 Å². The standard InChI is InChI=1S/C32H36ClN3O4.H2S/c1-22(24-11-15-28(33)16-12-24)35-32(40)36(29-17-13-26(14-18-29)25-5-3-2-4-6-25)21-23-7-9-27(10-8-23)31(39)34-20-19-30(37)38;/h7-18,22,25H,2-6,19-21H2,1H3,(H,34,39)(H,35,40)(H,37,38);1H2/t22-;/m0./s1. The van der Waals surface area contributed by atoms with Crippen molar-refractivity contribution < 1.29 is 19.5 Å². The zero-order chi connectivity index (χ0) is 28.5. The molecule has 0 unspecified atom stereocenters. The van der Waals surface area contributed by atoms with Crippen molar-refractivity contribution in [1.82, 2.24) is 10.6 Å². The first-order valence-electron chi connectivity index (χ1n) is 13.8. The zero-order valence-electron chi connectivity index (χ0n) is 23.2. The van der Waals surface area contributed by atoms with Crippen molar-refractivity contribution in [2.24, 2.45) is 0 Å². The lowest BCUT2D eigenvalue weighted by atomic mass is 9.84. The fourth-order valence-corrected chi connectivity index (χ4v) is 5.20. The Bertz CT molecular complexity index is 1290. The summed E-state index contributed by atoms with van der Waals surface area (Å²) in [5.41, 5.74) is 4.34. The van der Waals surface area contributed by atoms with Crippen molar-refractivity contribution in [3.63, 3.8) is 0 Å². The van der Waals surface area contributed by atoms with E-state index in [0.29, 0.717) is 23.0 Å². The minimum absolute atomic E-state index is 0. The number of urea groups is 1. The molecular formula is C32H38ClN3O4S. The van der Waals surface area contributed by atoms with Crippen LogP contribution in [0.3, 0.4) is 0 Å². The number of amides is 3. The summed E-state index contributed by atoms with van der Waals surface area (Å²) < 4.78 is 0. The lowest BCUT2D eigenvalue weighted by Crippen LogP contribution is -2.40. The second-order valence-corrected chi connectivity index (χ2v) is 10.8. The molecule has 41 heavy (non-hydrogen) atoms. The van der Waals surface area contributed by atoms with Crippen LogP contribution in [0.2, 0.25) is 5.02 Å². The monoisotopic (exact) mass is 595 g/mol. The van der Waals surface area contributed by atoms with Crippen molar-refractivity contribution in [3.8, 4) is 0 Å². The third-order valence-corrected chi connectivity index (χ3v) is 7.67. The summed E-state index contributed by atoms with van der Waals surface area (Å²) in [4.78, 5) is 38.4. The lowest BCUT2D eigenvalue weighted by molar-refractivity contribution is -0.136. The van der Waals surface area contributed by atoms with Gasteiger partial charge in [-0.1, -0.05) is 67.3 Å². The molecule has 0 aromatic heterocycles. The molecule has 7 nitrogen and oxygen atoms in total. The van der Waals surface area contributed by atoms with E-state index >= 15 is 0 Å². The molecule has 9 heteroatoms. The van der Waals surface area contributed by atoms with Crippen LogP contribution in [0.15, 0.2) is 72.8 Å². The van der Waals surface area contributed by atoms with Gasteiger partial charge in [0.05, 0.1) is 19.0 Å². The number of carboxylic acid groups (broad SMARTS) is 1. The number of carbonyl (C=O) groups excluding carboxylic acids is 2. The summed E-state index contributed by atoms with van der Waals surface area (Å²) in [7, 11) is 0. The van der Waals surface area contributed by atoms with Gasteiger partial charge in [-0.2, -0.15) is 13.5 Å². The Morgan fingerprint density at radius 3 is 2.17 bits per heavy atom. The summed E-state index contributed by atoms with van der Waals surface area (Å²) in [6, 6.07) is 22.2. The Morgan fingerprint density at radius 1 is 0.927 bits per heavy atom. The maximum absolute atomic E-state index is 13.6. The average Bonchev–Trinajstić information content (AvgIpc) is 2.97. The normalized spacial score (nSPS) is 13.9. The first-order chi connectivity index (χ1) is 19.3. The van der Waals surface area contributed by atoms with E-state index in [-0.39, 0.29) is 44.4 Å². The van der Waals surface area contributed by atoms with Crippen molar-refractivity contribution in [1.29, 1.82) is 0 Å². The van der Waals surface area contributed by atoms with Gasteiger partial charge in [-0.25, -0.2) is 4.79 Å². The number of carbonyl (C=O) groups is 3. The van der Waals surface area contributed by atoms with Gasteiger partial charge in [0.2, 0.25) is 0 Å². The molecule has 3 aromatic carbocycles. The number of benzene rings is 3. The van der Waals surface area contributed by atoms with E-state index in [2.05, 4.69) is 22.8 Å². The highest BCUT2D eigenvalue weighted by Gasteiger charge is 2.21. The Balaban J connectivity index is 0.00000462. The molecule has 1 saturated carbocycles. The largest absolute Gasteiger partial charge is 0.481 e. The van der Waals surface area contributed by atoms with Crippen LogP contribution >= 0.6 is 25.1 Å². The molecule has 0 saturated heterocycles. The second-order valence-electron chi connectivity index (χ2n) is 10.3. The Kier molecular flexibility index (Phi) is 12.1. The maximum atomic E-state index is 13.6. The number of hydrogen-bond donors (Lipinski definition) is 3. The zero-order valence-corrected chi connectivity index (χ0v) is 25.0. The van der Waals surface area contributed by atoms with E-state index < -0.39 is 5.97 Å². The predicted molar refractivity (Wildman–Crippen MR) is 168 cm³/mol. The molecule has 4 rings (SSSR count). The van der Waals surface area contributed by atoms with E-state index in [1.54, 1.807) is 29.2 Å². The average molecular weight is 596 g/mol. The molecule has 0 aliphatic heterocycles. The van der Waals surface area contributed by atoms with Crippen molar-refractivity contribution >= 4 is 48.7 Å². The summed E-state index contributed by atoms with van der Waals surface area (Å²) in [5, 5.41) is 15.1. The fraction of sp³-hybridized carbons (Fsp3) is 0.344. The van der Waals surface area contributed by atoms with Gasteiger partial charge in [0, 0.05) is 22.8 Å². The highest BCUT2D eigenvalue weighted by atomic mass is 35.5. The summed E-state index contributed by atoms with van der Waals surface area (Å²) in [5.74, 6) is -0.729. The lowest BCUT2D eigenvalue weighted by Gasteiger charge is -2.27. The molecule has 3 amide bonds. The molecule has 1 aliphatic rings. The van der Waals surface area contributed by atoms with Gasteiger partial charge in [0.25, 0.3) is 5.91 Å². The molecule has 0 spiro atoms. The second kappa shape index (κ2) is 15.5. The van der Waals surface area contributed by atoms with Crippen LogP contribution in [0.1, 0.15) is 84.5 Å². The summed E-state index contributed by atoms with van der Waals surface area (Å²) in [6.07, 6.45) is 6.10. The minimum atomic E-state index is -0.967. The van der Waals surface area contributed by atoms with E-state index in [1.807, 2.05) is 43.3 Å². The van der Waals surface area contributed by atoms with Crippen molar-refractivity contribution in [2.75, 3.05) is 11.4 Å². The smallest absolute Gasteiger partial charge is 0.322 e. The number of halogens is 1. The molecule has 0 bridgehead atoms. The third-order valence-electron chi connectivity index (χ3n) is 7.42. The van der Waals surface area contributed by atoms with Crippen LogP contribution in [0.5, 0.6) is 0 Å². The van der Waals surface area contributed by atoms with Gasteiger partial charge < -0.3 is 15.7 Å².